The van der Waals surface area contributed by atoms with E-state index < -0.39 is 0 Å². The fourth-order valence-corrected chi connectivity index (χ4v) is 3.14. The Morgan fingerprint density at radius 3 is 1.50 bits per heavy atom. The maximum absolute atomic E-state index is 6.20. The van der Waals surface area contributed by atoms with E-state index in [2.05, 4.69) is 98.6 Å². The molecule has 0 heterocycles. The summed E-state index contributed by atoms with van der Waals surface area (Å²) in [6, 6.07) is 25.7. The van der Waals surface area contributed by atoms with Gasteiger partial charge in [0.05, 0.1) is 6.61 Å². The van der Waals surface area contributed by atoms with Crippen molar-refractivity contribution in [2.45, 2.75) is 40.5 Å². The lowest BCUT2D eigenvalue weighted by molar-refractivity contribution is -0.184. The van der Waals surface area contributed by atoms with Gasteiger partial charge in [0.25, 0.3) is 0 Å². The molecule has 2 heteroatoms. The van der Waals surface area contributed by atoms with E-state index >= 15 is 0 Å². The smallest absolute Gasteiger partial charge is 0.0936 e. The number of hydrogen-bond acceptors (Lipinski definition) is 2. The SMILES string of the molecule is Cc1cccc(CON(Cc2cccc(C)c2)Cc2cccc(C)c2)c1. The zero-order valence-electron chi connectivity index (χ0n) is 15.9. The lowest BCUT2D eigenvalue weighted by Gasteiger charge is -2.23. The molecule has 3 aromatic rings. The van der Waals surface area contributed by atoms with Gasteiger partial charge in [-0.05, 0) is 37.5 Å². The van der Waals surface area contributed by atoms with Gasteiger partial charge in [0.1, 0.15) is 0 Å². The highest BCUT2D eigenvalue weighted by atomic mass is 16.7. The molecule has 0 spiro atoms. The average molecular weight is 345 g/mol. The molecule has 0 saturated carbocycles. The summed E-state index contributed by atoms with van der Waals surface area (Å²) in [5.41, 5.74) is 7.54. The summed E-state index contributed by atoms with van der Waals surface area (Å²) in [6.45, 7) is 8.48. The van der Waals surface area contributed by atoms with Crippen molar-refractivity contribution in [3.63, 3.8) is 0 Å². The number of benzene rings is 3. The monoisotopic (exact) mass is 345 g/mol. The number of nitrogens with zero attached hydrogens (tertiary/aromatic N) is 1. The minimum Gasteiger partial charge on any atom is -0.294 e. The molecule has 0 atom stereocenters. The standard InChI is InChI=1S/C24H27NO/c1-19-7-4-10-22(13-19)16-25(17-23-11-5-8-20(2)14-23)26-18-24-12-6-9-21(3)15-24/h4-15H,16-18H2,1-3H3. The van der Waals surface area contributed by atoms with Crippen molar-refractivity contribution in [1.29, 1.82) is 0 Å². The lowest BCUT2D eigenvalue weighted by atomic mass is 10.1. The fourth-order valence-electron chi connectivity index (χ4n) is 3.14. The summed E-state index contributed by atoms with van der Waals surface area (Å²) in [5.74, 6) is 0. The maximum Gasteiger partial charge on any atom is 0.0936 e. The van der Waals surface area contributed by atoms with Crippen LogP contribution in [0.1, 0.15) is 33.4 Å². The highest BCUT2D eigenvalue weighted by Gasteiger charge is 2.09. The van der Waals surface area contributed by atoms with Crippen molar-refractivity contribution in [2.75, 3.05) is 0 Å². The van der Waals surface area contributed by atoms with Crippen LogP contribution >= 0.6 is 0 Å². The van der Waals surface area contributed by atoms with Gasteiger partial charge in [0.15, 0.2) is 0 Å². The highest BCUT2D eigenvalue weighted by molar-refractivity contribution is 5.24. The third-order valence-corrected chi connectivity index (χ3v) is 4.38. The molecule has 3 aromatic carbocycles. The first kappa shape index (κ1) is 18.4. The van der Waals surface area contributed by atoms with Gasteiger partial charge >= 0.3 is 0 Å². The van der Waals surface area contributed by atoms with E-state index in [0.717, 1.165) is 13.1 Å². The van der Waals surface area contributed by atoms with Gasteiger partial charge in [-0.15, -0.1) is 0 Å². The van der Waals surface area contributed by atoms with Gasteiger partial charge in [-0.25, -0.2) is 0 Å². The van der Waals surface area contributed by atoms with E-state index in [1.165, 1.54) is 33.4 Å². The second kappa shape index (κ2) is 8.79. The van der Waals surface area contributed by atoms with E-state index in [1.807, 2.05) is 0 Å². The maximum atomic E-state index is 6.20. The van der Waals surface area contributed by atoms with Crippen LogP contribution in [-0.4, -0.2) is 5.06 Å². The topological polar surface area (TPSA) is 12.5 Å². The zero-order valence-corrected chi connectivity index (χ0v) is 15.9. The van der Waals surface area contributed by atoms with Crippen LogP contribution in [0.2, 0.25) is 0 Å². The van der Waals surface area contributed by atoms with E-state index in [4.69, 9.17) is 4.84 Å². The van der Waals surface area contributed by atoms with Crippen LogP contribution in [0.15, 0.2) is 72.8 Å². The van der Waals surface area contributed by atoms with Gasteiger partial charge in [0, 0.05) is 13.1 Å². The number of rotatable bonds is 7. The second-order valence-corrected chi connectivity index (χ2v) is 7.04. The summed E-state index contributed by atoms with van der Waals surface area (Å²) >= 11 is 0. The predicted octanol–water partition coefficient (Wildman–Crippen LogP) is 5.75. The summed E-state index contributed by atoms with van der Waals surface area (Å²) in [4.78, 5) is 6.20. The van der Waals surface area contributed by atoms with Gasteiger partial charge in [-0.1, -0.05) is 89.5 Å². The molecule has 26 heavy (non-hydrogen) atoms. The Labute approximate surface area is 157 Å². The molecule has 0 aliphatic rings. The van der Waals surface area contributed by atoms with Crippen molar-refractivity contribution in [2.24, 2.45) is 0 Å². The van der Waals surface area contributed by atoms with Crippen molar-refractivity contribution in [1.82, 2.24) is 5.06 Å². The average Bonchev–Trinajstić information content (AvgIpc) is 2.60. The molecule has 0 fully saturated rings. The molecule has 0 amide bonds. The van der Waals surface area contributed by atoms with E-state index in [1.54, 1.807) is 0 Å². The molecule has 0 aliphatic heterocycles. The highest BCUT2D eigenvalue weighted by Crippen LogP contribution is 2.15. The van der Waals surface area contributed by atoms with Crippen molar-refractivity contribution < 1.29 is 4.84 Å². The number of hydroxylamine groups is 2. The molecule has 0 bridgehead atoms. The van der Waals surface area contributed by atoms with Gasteiger partial charge in [-0.2, -0.15) is 5.06 Å². The molecule has 0 unspecified atom stereocenters. The third kappa shape index (κ3) is 5.55. The molecule has 0 N–H and O–H groups in total. The molecule has 0 aromatic heterocycles. The van der Waals surface area contributed by atoms with Gasteiger partial charge in [-0.3, -0.25) is 4.84 Å². The first-order chi connectivity index (χ1) is 12.6. The Morgan fingerprint density at radius 2 is 1.04 bits per heavy atom. The second-order valence-electron chi connectivity index (χ2n) is 7.04. The Bertz CT molecular complexity index is 809. The number of aryl methyl sites for hydroxylation is 3. The molecule has 3 rings (SSSR count). The van der Waals surface area contributed by atoms with Crippen LogP contribution in [0, 0.1) is 20.8 Å². The lowest BCUT2D eigenvalue weighted by Crippen LogP contribution is -2.23. The molecular weight excluding hydrogens is 318 g/mol. The molecule has 0 radical (unpaired) electrons. The Hall–Kier alpha value is -2.42. The Kier molecular flexibility index (Phi) is 6.21. The van der Waals surface area contributed by atoms with Crippen LogP contribution in [0.3, 0.4) is 0 Å². The summed E-state index contributed by atoms with van der Waals surface area (Å²) in [7, 11) is 0. The minimum absolute atomic E-state index is 0.583. The fraction of sp³-hybridized carbons (Fsp3) is 0.250. The number of hydrogen-bond donors (Lipinski definition) is 0. The summed E-state index contributed by atoms with van der Waals surface area (Å²) in [5, 5.41) is 2.06. The van der Waals surface area contributed by atoms with E-state index in [9.17, 15) is 0 Å². The molecule has 2 nitrogen and oxygen atoms in total. The van der Waals surface area contributed by atoms with Crippen molar-refractivity contribution in [3.05, 3.63) is 106 Å². The first-order valence-electron chi connectivity index (χ1n) is 9.13. The molecule has 134 valence electrons. The Balaban J connectivity index is 1.73. The van der Waals surface area contributed by atoms with Crippen molar-refractivity contribution >= 4 is 0 Å². The molecule has 0 saturated heterocycles. The minimum atomic E-state index is 0.583. The zero-order chi connectivity index (χ0) is 18.4. The van der Waals surface area contributed by atoms with Gasteiger partial charge in [0.2, 0.25) is 0 Å². The summed E-state index contributed by atoms with van der Waals surface area (Å²) < 4.78 is 0. The normalized spacial score (nSPS) is 11.1. The molecule has 0 aliphatic carbocycles. The predicted molar refractivity (Wildman–Crippen MR) is 108 cm³/mol. The quantitative estimate of drug-likeness (QED) is 0.506. The van der Waals surface area contributed by atoms with Crippen LogP contribution in [-0.2, 0) is 24.5 Å². The molecular formula is C24H27NO. The van der Waals surface area contributed by atoms with Crippen LogP contribution < -0.4 is 0 Å². The first-order valence-corrected chi connectivity index (χ1v) is 9.13. The van der Waals surface area contributed by atoms with Crippen LogP contribution in [0.5, 0.6) is 0 Å². The summed E-state index contributed by atoms with van der Waals surface area (Å²) in [6.07, 6.45) is 0. The van der Waals surface area contributed by atoms with E-state index in [0.29, 0.717) is 6.61 Å². The van der Waals surface area contributed by atoms with Crippen LogP contribution in [0.25, 0.3) is 0 Å². The third-order valence-electron chi connectivity index (χ3n) is 4.38. The largest absolute Gasteiger partial charge is 0.294 e. The van der Waals surface area contributed by atoms with Gasteiger partial charge < -0.3 is 0 Å². The Morgan fingerprint density at radius 1 is 0.615 bits per heavy atom. The van der Waals surface area contributed by atoms with E-state index in [-0.39, 0.29) is 0 Å². The van der Waals surface area contributed by atoms with Crippen molar-refractivity contribution in [3.8, 4) is 0 Å². The van der Waals surface area contributed by atoms with Crippen LogP contribution in [0.4, 0.5) is 0 Å².